The van der Waals surface area contributed by atoms with Crippen LogP contribution in [-0.2, 0) is 11.2 Å². The van der Waals surface area contributed by atoms with Crippen molar-refractivity contribution >= 4 is 5.91 Å². The van der Waals surface area contributed by atoms with Crippen molar-refractivity contribution in [2.24, 2.45) is 0 Å². The zero-order valence-corrected chi connectivity index (χ0v) is 14.3. The molecule has 1 aliphatic rings. The lowest BCUT2D eigenvalue weighted by molar-refractivity contribution is -0.133. The van der Waals surface area contributed by atoms with Gasteiger partial charge in [-0.25, -0.2) is 0 Å². The summed E-state index contributed by atoms with van der Waals surface area (Å²) in [6, 6.07) is 9.38. The molecule has 3 heteroatoms. The zero-order valence-electron chi connectivity index (χ0n) is 14.3. The Balaban J connectivity index is 1.98. The van der Waals surface area contributed by atoms with Crippen LogP contribution in [0.4, 0.5) is 0 Å². The number of carbonyl (C=O) groups is 1. The number of aryl methyl sites for hydroxylation is 1. The molecular weight excluding hydrogens is 272 g/mol. The van der Waals surface area contributed by atoms with Gasteiger partial charge < -0.3 is 10.2 Å². The molecule has 1 fully saturated rings. The molecule has 1 saturated heterocycles. The van der Waals surface area contributed by atoms with Gasteiger partial charge in [0.25, 0.3) is 0 Å². The Morgan fingerprint density at radius 1 is 1.32 bits per heavy atom. The largest absolute Gasteiger partial charge is 0.340 e. The summed E-state index contributed by atoms with van der Waals surface area (Å²) in [6.45, 7) is 8.25. The number of nitrogens with one attached hydrogen (secondary N) is 1. The second kappa shape index (κ2) is 8.33. The summed E-state index contributed by atoms with van der Waals surface area (Å²) in [4.78, 5) is 14.7. The Hall–Kier alpha value is -1.35. The molecule has 22 heavy (non-hydrogen) atoms. The van der Waals surface area contributed by atoms with Crippen molar-refractivity contribution in [3.05, 3.63) is 35.4 Å². The number of likely N-dealkylation sites (N-methyl/N-ethyl adjacent to an activating group) is 1. The number of hydrogen-bond acceptors (Lipinski definition) is 2. The van der Waals surface area contributed by atoms with Crippen LogP contribution in [0.5, 0.6) is 0 Å². The van der Waals surface area contributed by atoms with E-state index < -0.39 is 0 Å². The first-order valence-electron chi connectivity index (χ1n) is 8.72. The molecule has 3 nitrogen and oxygen atoms in total. The maximum atomic E-state index is 12.7. The maximum absolute atomic E-state index is 12.7. The van der Waals surface area contributed by atoms with E-state index >= 15 is 0 Å². The second-order valence-electron chi connectivity index (χ2n) is 6.43. The van der Waals surface area contributed by atoms with E-state index in [1.165, 1.54) is 17.5 Å². The Morgan fingerprint density at radius 2 is 2.05 bits per heavy atom. The average Bonchev–Trinajstić information content (AvgIpc) is 3.02. The van der Waals surface area contributed by atoms with Gasteiger partial charge in [0.1, 0.15) is 0 Å². The van der Waals surface area contributed by atoms with Crippen LogP contribution in [-0.4, -0.2) is 36.0 Å². The highest BCUT2D eigenvalue weighted by Crippen LogP contribution is 2.17. The number of carbonyl (C=O) groups excluding carboxylic acids is 1. The summed E-state index contributed by atoms with van der Waals surface area (Å²) < 4.78 is 0. The number of benzene rings is 1. The van der Waals surface area contributed by atoms with Gasteiger partial charge in [-0.3, -0.25) is 4.79 Å². The molecule has 0 aromatic heterocycles. The highest BCUT2D eigenvalue weighted by molar-refractivity contribution is 5.77. The minimum Gasteiger partial charge on any atom is -0.340 e. The summed E-state index contributed by atoms with van der Waals surface area (Å²) in [5.74, 6) is 0.306. The number of hydrogen-bond donors (Lipinski definition) is 1. The molecule has 1 N–H and O–H groups in total. The van der Waals surface area contributed by atoms with Crippen LogP contribution in [0.15, 0.2) is 24.3 Å². The minimum absolute atomic E-state index is 0.306. The molecule has 1 aromatic carbocycles. The Labute approximate surface area is 135 Å². The van der Waals surface area contributed by atoms with Gasteiger partial charge in [0.15, 0.2) is 0 Å². The third-order valence-electron chi connectivity index (χ3n) is 4.75. The fourth-order valence-corrected chi connectivity index (χ4v) is 3.37. The quantitative estimate of drug-likeness (QED) is 0.838. The van der Waals surface area contributed by atoms with E-state index in [0.717, 1.165) is 32.4 Å². The fraction of sp³-hybridized carbons (Fsp3) is 0.632. The predicted molar refractivity (Wildman–Crippen MR) is 92.0 cm³/mol. The zero-order chi connectivity index (χ0) is 15.9. The van der Waals surface area contributed by atoms with E-state index in [9.17, 15) is 4.79 Å². The molecule has 1 amide bonds. The van der Waals surface area contributed by atoms with Crippen molar-refractivity contribution in [3.8, 4) is 0 Å². The van der Waals surface area contributed by atoms with Crippen molar-refractivity contribution in [1.82, 2.24) is 10.2 Å². The lowest BCUT2D eigenvalue weighted by Crippen LogP contribution is -2.43. The normalized spacial score (nSPS) is 19.1. The van der Waals surface area contributed by atoms with Crippen LogP contribution in [0.2, 0.25) is 0 Å². The fourth-order valence-electron chi connectivity index (χ4n) is 3.37. The van der Waals surface area contributed by atoms with E-state index in [1.807, 2.05) is 0 Å². The van der Waals surface area contributed by atoms with E-state index in [2.05, 4.69) is 55.3 Å². The summed E-state index contributed by atoms with van der Waals surface area (Å²) in [5, 5.41) is 3.43. The minimum atomic E-state index is 0.306. The average molecular weight is 302 g/mol. The van der Waals surface area contributed by atoms with Crippen LogP contribution in [0.1, 0.15) is 50.7 Å². The van der Waals surface area contributed by atoms with Crippen LogP contribution in [0, 0.1) is 6.92 Å². The van der Waals surface area contributed by atoms with Crippen molar-refractivity contribution in [2.75, 3.05) is 13.1 Å². The first-order valence-corrected chi connectivity index (χ1v) is 8.72. The number of amides is 1. The van der Waals surface area contributed by atoms with Crippen molar-refractivity contribution in [2.45, 2.75) is 65.0 Å². The monoisotopic (exact) mass is 302 g/mol. The van der Waals surface area contributed by atoms with E-state index in [1.54, 1.807) is 0 Å². The van der Waals surface area contributed by atoms with Gasteiger partial charge in [-0.15, -0.1) is 0 Å². The molecule has 1 aliphatic heterocycles. The topological polar surface area (TPSA) is 32.3 Å². The van der Waals surface area contributed by atoms with Crippen molar-refractivity contribution < 1.29 is 4.79 Å². The third-order valence-corrected chi connectivity index (χ3v) is 4.75. The highest BCUT2D eigenvalue weighted by atomic mass is 16.2. The molecule has 0 radical (unpaired) electrons. The SMILES string of the molecule is CCC(Cc1ccc(C)cc1)N(CC)C(=O)CC1CCCN1. The van der Waals surface area contributed by atoms with E-state index in [0.29, 0.717) is 24.4 Å². The van der Waals surface area contributed by atoms with Crippen LogP contribution >= 0.6 is 0 Å². The maximum Gasteiger partial charge on any atom is 0.224 e. The molecule has 0 spiro atoms. The summed E-state index contributed by atoms with van der Waals surface area (Å²) in [5.41, 5.74) is 2.61. The Bertz CT molecular complexity index is 463. The van der Waals surface area contributed by atoms with Crippen molar-refractivity contribution in [1.29, 1.82) is 0 Å². The Morgan fingerprint density at radius 3 is 2.59 bits per heavy atom. The summed E-state index contributed by atoms with van der Waals surface area (Å²) in [6.07, 6.45) is 4.95. The summed E-state index contributed by atoms with van der Waals surface area (Å²) >= 11 is 0. The first-order chi connectivity index (χ1) is 10.6. The number of nitrogens with zero attached hydrogens (tertiary/aromatic N) is 1. The molecule has 0 bridgehead atoms. The molecule has 2 unspecified atom stereocenters. The summed E-state index contributed by atoms with van der Waals surface area (Å²) in [7, 11) is 0. The Kier molecular flexibility index (Phi) is 6.44. The molecule has 2 rings (SSSR count). The van der Waals surface area contributed by atoms with Gasteiger partial charge in [-0.2, -0.15) is 0 Å². The molecule has 0 saturated carbocycles. The highest BCUT2D eigenvalue weighted by Gasteiger charge is 2.25. The van der Waals surface area contributed by atoms with Gasteiger partial charge in [0, 0.05) is 25.0 Å². The van der Waals surface area contributed by atoms with Crippen LogP contribution < -0.4 is 5.32 Å². The van der Waals surface area contributed by atoms with Crippen molar-refractivity contribution in [3.63, 3.8) is 0 Å². The molecule has 122 valence electrons. The second-order valence-corrected chi connectivity index (χ2v) is 6.43. The molecule has 1 heterocycles. The molecule has 2 atom stereocenters. The van der Waals surface area contributed by atoms with E-state index in [4.69, 9.17) is 0 Å². The standard InChI is InChI=1S/C19H30N2O/c1-4-18(13-16-10-8-15(3)9-11-16)21(5-2)19(22)14-17-7-6-12-20-17/h8-11,17-18,20H,4-7,12-14H2,1-3H3. The first kappa shape index (κ1) is 17.0. The molecule has 1 aromatic rings. The van der Waals surface area contributed by atoms with Gasteiger partial charge in [0.2, 0.25) is 5.91 Å². The van der Waals surface area contributed by atoms with E-state index in [-0.39, 0.29) is 0 Å². The van der Waals surface area contributed by atoms with Crippen LogP contribution in [0.3, 0.4) is 0 Å². The van der Waals surface area contributed by atoms with Gasteiger partial charge in [0.05, 0.1) is 0 Å². The van der Waals surface area contributed by atoms with Crippen LogP contribution in [0.25, 0.3) is 0 Å². The number of rotatable bonds is 7. The smallest absolute Gasteiger partial charge is 0.224 e. The third kappa shape index (κ3) is 4.57. The van der Waals surface area contributed by atoms with Gasteiger partial charge in [-0.1, -0.05) is 36.8 Å². The lowest BCUT2D eigenvalue weighted by Gasteiger charge is -2.31. The predicted octanol–water partition coefficient (Wildman–Crippen LogP) is 3.31. The molecule has 0 aliphatic carbocycles. The van der Waals surface area contributed by atoms with Gasteiger partial charge >= 0.3 is 0 Å². The lowest BCUT2D eigenvalue weighted by atomic mass is 10.0. The molecular formula is C19H30N2O. The van der Waals surface area contributed by atoms with Gasteiger partial charge in [-0.05, 0) is 51.6 Å².